The van der Waals surface area contributed by atoms with Gasteiger partial charge in [0, 0.05) is 32.0 Å². The number of aromatic amines is 1. The Kier molecular flexibility index (Phi) is 5.47. The number of rotatable bonds is 3. The number of carbonyl (C=O) groups is 2. The Morgan fingerprint density at radius 3 is 2.93 bits per heavy atom. The van der Waals surface area contributed by atoms with Crippen LogP contribution in [0.1, 0.15) is 34.4 Å². The lowest BCUT2D eigenvalue weighted by Crippen LogP contribution is -2.32. The van der Waals surface area contributed by atoms with E-state index in [-0.39, 0.29) is 0 Å². The molecule has 29 heavy (non-hydrogen) atoms. The van der Waals surface area contributed by atoms with Gasteiger partial charge < -0.3 is 10.3 Å². The summed E-state index contributed by atoms with van der Waals surface area (Å²) in [6, 6.07) is 7.94. The molecule has 4 rings (SSSR count). The van der Waals surface area contributed by atoms with Crippen LogP contribution in [0.5, 0.6) is 0 Å². The van der Waals surface area contributed by atoms with Gasteiger partial charge in [-0.2, -0.15) is 10.4 Å². The van der Waals surface area contributed by atoms with Crippen molar-refractivity contribution in [2.24, 2.45) is 5.10 Å². The van der Waals surface area contributed by atoms with Crippen LogP contribution in [-0.4, -0.2) is 23.0 Å². The molecule has 3 aromatic rings. The van der Waals surface area contributed by atoms with Crippen molar-refractivity contribution in [2.45, 2.75) is 25.7 Å². The number of anilines is 1. The number of fused-ring (bicyclic) bond motifs is 2. The minimum atomic E-state index is -0.891. The molecular formula is C20H16BrN5O2S. The highest BCUT2D eigenvalue weighted by Gasteiger charge is 2.23. The Labute approximate surface area is 178 Å². The van der Waals surface area contributed by atoms with Gasteiger partial charge in [0.25, 0.3) is 0 Å². The molecule has 2 heterocycles. The van der Waals surface area contributed by atoms with Crippen molar-refractivity contribution >= 4 is 61.2 Å². The smallest absolute Gasteiger partial charge is 0.329 e. The Morgan fingerprint density at radius 2 is 2.10 bits per heavy atom. The summed E-state index contributed by atoms with van der Waals surface area (Å²) in [7, 11) is 0. The van der Waals surface area contributed by atoms with Crippen LogP contribution >= 0.6 is 27.3 Å². The Hall–Kier alpha value is -2.96. The first kappa shape index (κ1) is 19.4. The lowest BCUT2D eigenvalue weighted by atomic mass is 9.96. The molecule has 7 nitrogen and oxygen atoms in total. The lowest BCUT2D eigenvalue weighted by Gasteiger charge is -2.09. The van der Waals surface area contributed by atoms with Gasteiger partial charge in [-0.25, -0.2) is 5.43 Å². The van der Waals surface area contributed by atoms with Gasteiger partial charge in [0.1, 0.15) is 11.1 Å². The van der Waals surface area contributed by atoms with E-state index in [0.717, 1.165) is 57.1 Å². The standard InChI is InChI=1S/C20H16BrN5O2S/c21-12-5-6-16-14(7-12)11(9-23-16)10-24-26-19(28)18(27)25-20-15(8-22)13-3-1-2-4-17(13)29-20/h5-7,9-10,23H,1-4H2,(H,25,27)(H,26,28). The van der Waals surface area contributed by atoms with Crippen LogP contribution < -0.4 is 10.7 Å². The molecule has 1 aliphatic rings. The first-order valence-electron chi connectivity index (χ1n) is 9.02. The second-order valence-corrected chi connectivity index (χ2v) is 8.63. The number of carbonyl (C=O) groups excluding carboxylic acids is 2. The monoisotopic (exact) mass is 469 g/mol. The van der Waals surface area contributed by atoms with Gasteiger partial charge in [-0.15, -0.1) is 11.3 Å². The van der Waals surface area contributed by atoms with E-state index < -0.39 is 11.8 Å². The first-order chi connectivity index (χ1) is 14.1. The van der Waals surface area contributed by atoms with Gasteiger partial charge >= 0.3 is 11.8 Å². The van der Waals surface area contributed by atoms with Crippen molar-refractivity contribution in [3.8, 4) is 6.07 Å². The third-order valence-corrected chi connectivity index (χ3v) is 6.46. The van der Waals surface area contributed by atoms with E-state index in [9.17, 15) is 14.9 Å². The third-order valence-electron chi connectivity index (χ3n) is 4.76. The Morgan fingerprint density at radius 1 is 1.28 bits per heavy atom. The van der Waals surface area contributed by atoms with E-state index in [0.29, 0.717) is 10.6 Å². The van der Waals surface area contributed by atoms with Crippen molar-refractivity contribution in [2.75, 3.05) is 5.32 Å². The molecule has 1 aliphatic carbocycles. The molecular weight excluding hydrogens is 454 g/mol. The number of nitriles is 1. The Balaban J connectivity index is 1.43. The van der Waals surface area contributed by atoms with Crippen LogP contribution in [0.3, 0.4) is 0 Å². The average Bonchev–Trinajstić information content (AvgIpc) is 3.28. The molecule has 2 amide bonds. The summed E-state index contributed by atoms with van der Waals surface area (Å²) in [5.41, 5.74) is 5.42. The summed E-state index contributed by atoms with van der Waals surface area (Å²) in [6.07, 6.45) is 7.09. The largest absolute Gasteiger partial charge is 0.361 e. The summed E-state index contributed by atoms with van der Waals surface area (Å²) >= 11 is 4.80. The van der Waals surface area contributed by atoms with Gasteiger partial charge in [-0.05, 0) is 49.4 Å². The second kappa shape index (κ2) is 8.19. The highest BCUT2D eigenvalue weighted by Crippen LogP contribution is 2.37. The fourth-order valence-corrected chi connectivity index (χ4v) is 4.96. The fraction of sp³-hybridized carbons (Fsp3) is 0.200. The molecule has 2 aromatic heterocycles. The highest BCUT2D eigenvalue weighted by atomic mass is 79.9. The van der Waals surface area contributed by atoms with Crippen LogP contribution in [0.4, 0.5) is 5.00 Å². The number of nitrogens with one attached hydrogen (secondary N) is 3. The number of aromatic nitrogens is 1. The minimum absolute atomic E-state index is 0.435. The maximum Gasteiger partial charge on any atom is 0.329 e. The maximum absolute atomic E-state index is 12.2. The van der Waals surface area contributed by atoms with E-state index in [1.807, 2.05) is 18.2 Å². The molecule has 0 radical (unpaired) electrons. The van der Waals surface area contributed by atoms with E-state index in [2.05, 4.69) is 42.8 Å². The van der Waals surface area contributed by atoms with Gasteiger partial charge in [0.15, 0.2) is 0 Å². The SMILES string of the molecule is N#Cc1c(NC(=O)C(=O)NN=Cc2c[nH]c3ccc(Br)cc23)sc2c1CCCC2. The number of halogens is 1. The van der Waals surface area contributed by atoms with Crippen LogP contribution in [0, 0.1) is 11.3 Å². The molecule has 1 aromatic carbocycles. The number of hydrazone groups is 1. The van der Waals surface area contributed by atoms with Crippen molar-refractivity contribution in [3.05, 3.63) is 50.4 Å². The molecule has 0 bridgehead atoms. The fourth-order valence-electron chi connectivity index (χ4n) is 3.36. The van der Waals surface area contributed by atoms with Gasteiger partial charge in [0.05, 0.1) is 11.8 Å². The number of hydrogen-bond donors (Lipinski definition) is 3. The van der Waals surface area contributed by atoms with Crippen LogP contribution in [0.25, 0.3) is 10.9 Å². The summed E-state index contributed by atoms with van der Waals surface area (Å²) in [5.74, 6) is -1.74. The van der Waals surface area contributed by atoms with Crippen molar-refractivity contribution in [3.63, 3.8) is 0 Å². The lowest BCUT2D eigenvalue weighted by molar-refractivity contribution is -0.136. The average molecular weight is 470 g/mol. The number of nitrogens with zero attached hydrogens (tertiary/aromatic N) is 2. The molecule has 0 saturated heterocycles. The quantitative estimate of drug-likeness (QED) is 0.307. The van der Waals surface area contributed by atoms with Gasteiger partial charge in [-0.1, -0.05) is 15.9 Å². The highest BCUT2D eigenvalue weighted by molar-refractivity contribution is 9.10. The summed E-state index contributed by atoms with van der Waals surface area (Å²) in [5, 5.41) is 17.3. The molecule has 3 N–H and O–H groups in total. The zero-order valence-electron chi connectivity index (χ0n) is 15.2. The number of amides is 2. The predicted molar refractivity (Wildman–Crippen MR) is 116 cm³/mol. The topological polar surface area (TPSA) is 110 Å². The second-order valence-electron chi connectivity index (χ2n) is 6.61. The number of H-pyrrole nitrogens is 1. The summed E-state index contributed by atoms with van der Waals surface area (Å²) in [6.45, 7) is 0. The van der Waals surface area contributed by atoms with Gasteiger partial charge in [-0.3, -0.25) is 9.59 Å². The Bertz CT molecular complexity index is 1190. The molecule has 0 fully saturated rings. The van der Waals surface area contributed by atoms with Crippen LogP contribution in [0.15, 0.2) is 34.0 Å². The molecule has 9 heteroatoms. The minimum Gasteiger partial charge on any atom is -0.361 e. The molecule has 0 unspecified atom stereocenters. The van der Waals surface area contributed by atoms with Crippen LogP contribution in [-0.2, 0) is 22.4 Å². The van der Waals surface area contributed by atoms with Crippen molar-refractivity contribution in [1.29, 1.82) is 5.26 Å². The van der Waals surface area contributed by atoms with E-state index in [1.165, 1.54) is 17.6 Å². The van der Waals surface area contributed by atoms with Crippen molar-refractivity contribution < 1.29 is 9.59 Å². The zero-order chi connectivity index (χ0) is 20.4. The number of aryl methyl sites for hydroxylation is 1. The first-order valence-corrected chi connectivity index (χ1v) is 10.6. The summed E-state index contributed by atoms with van der Waals surface area (Å²) in [4.78, 5) is 28.6. The number of hydrogen-bond acceptors (Lipinski definition) is 5. The number of benzene rings is 1. The molecule has 0 atom stereocenters. The number of thiophene rings is 1. The zero-order valence-corrected chi connectivity index (χ0v) is 17.6. The van der Waals surface area contributed by atoms with E-state index in [1.54, 1.807) is 6.20 Å². The van der Waals surface area contributed by atoms with Crippen molar-refractivity contribution in [1.82, 2.24) is 10.4 Å². The molecule has 0 aliphatic heterocycles. The van der Waals surface area contributed by atoms with E-state index >= 15 is 0 Å². The maximum atomic E-state index is 12.2. The molecule has 146 valence electrons. The predicted octanol–water partition coefficient (Wildman–Crippen LogP) is 3.83. The van der Waals surface area contributed by atoms with Crippen LogP contribution in [0.2, 0.25) is 0 Å². The van der Waals surface area contributed by atoms with Gasteiger partial charge in [0.2, 0.25) is 0 Å². The molecule has 0 spiro atoms. The molecule has 0 saturated carbocycles. The summed E-state index contributed by atoms with van der Waals surface area (Å²) < 4.78 is 0.926. The third kappa shape index (κ3) is 3.95. The van der Waals surface area contributed by atoms with E-state index in [4.69, 9.17) is 0 Å². The normalized spacial score (nSPS) is 13.2.